The molecule has 210 valence electrons. The summed E-state index contributed by atoms with van der Waals surface area (Å²) in [6, 6.07) is 9.79. The molecule has 5 rings (SSSR count). The molecular weight excluding hydrogens is 551 g/mol. The zero-order chi connectivity index (χ0) is 29.1. The van der Waals surface area contributed by atoms with E-state index in [9.17, 15) is 14.0 Å². The van der Waals surface area contributed by atoms with Gasteiger partial charge in [-0.3, -0.25) is 10.1 Å². The third-order valence-corrected chi connectivity index (χ3v) is 6.91. The number of hydrogen-bond acceptors (Lipinski definition) is 10. The van der Waals surface area contributed by atoms with Crippen LogP contribution in [0.1, 0.15) is 16.1 Å². The summed E-state index contributed by atoms with van der Waals surface area (Å²) in [5, 5.41) is 3.18. The molecule has 3 aromatic heterocycles. The van der Waals surface area contributed by atoms with Crippen LogP contribution in [0.15, 0.2) is 48.8 Å². The summed E-state index contributed by atoms with van der Waals surface area (Å²) in [5.41, 5.74) is 4.18. The van der Waals surface area contributed by atoms with Gasteiger partial charge in [-0.05, 0) is 36.8 Å². The Morgan fingerprint density at radius 2 is 1.85 bits per heavy atom. The Hall–Kier alpha value is -4.91. The summed E-state index contributed by atoms with van der Waals surface area (Å²) in [7, 11) is 4.77. The number of carbonyl (C=O) groups is 2. The van der Waals surface area contributed by atoms with Gasteiger partial charge in [0.15, 0.2) is 11.6 Å². The molecule has 5 aromatic rings. The highest BCUT2D eigenvalue weighted by Crippen LogP contribution is 2.37. The molecular formula is C28H25FN6O5S. The number of amides is 2. The number of halogens is 1. The Bertz CT molecular complexity index is 1760. The van der Waals surface area contributed by atoms with Crippen LogP contribution in [-0.4, -0.2) is 71.3 Å². The van der Waals surface area contributed by atoms with E-state index in [1.165, 1.54) is 41.7 Å². The molecule has 2 aromatic carbocycles. The monoisotopic (exact) mass is 576 g/mol. The molecule has 0 bridgehead atoms. The summed E-state index contributed by atoms with van der Waals surface area (Å²) in [5.74, 6) is -0.417. The van der Waals surface area contributed by atoms with Crippen LogP contribution < -0.4 is 14.8 Å². The standard InChI is InChI=1S/C28H25FN6O5S/c1-15-9-17(25-21(10-15)33-24(38-4)14-31-25)26-34-20-11-18(29)22(12-23(20)41-26)39-7-8-40-28(37)32-16-5-6-19(30-13-16)27(36)35(2)3/h5-6,9-14H,7-8H2,1-4H3,(H,32,37). The van der Waals surface area contributed by atoms with E-state index in [-0.39, 0.29) is 30.6 Å². The van der Waals surface area contributed by atoms with Crippen molar-refractivity contribution in [1.82, 2.24) is 24.8 Å². The number of nitrogens with one attached hydrogen (secondary N) is 1. The van der Waals surface area contributed by atoms with E-state index in [0.29, 0.717) is 33.1 Å². The Morgan fingerprint density at radius 1 is 1.02 bits per heavy atom. The molecule has 0 spiro atoms. The summed E-state index contributed by atoms with van der Waals surface area (Å²) in [6.45, 7) is 1.75. The van der Waals surface area contributed by atoms with E-state index in [1.54, 1.807) is 32.4 Å². The summed E-state index contributed by atoms with van der Waals surface area (Å²) >= 11 is 1.37. The molecule has 0 aliphatic heterocycles. The van der Waals surface area contributed by atoms with Crippen LogP contribution >= 0.6 is 11.3 Å². The number of aromatic nitrogens is 4. The maximum absolute atomic E-state index is 14.8. The maximum atomic E-state index is 14.8. The molecule has 0 fully saturated rings. The van der Waals surface area contributed by atoms with Gasteiger partial charge in [0.2, 0.25) is 5.88 Å². The van der Waals surface area contributed by atoms with Gasteiger partial charge >= 0.3 is 6.09 Å². The third-order valence-electron chi connectivity index (χ3n) is 5.86. The number of carbonyl (C=O) groups excluding carboxylic acids is 2. The fourth-order valence-corrected chi connectivity index (χ4v) is 4.92. The van der Waals surface area contributed by atoms with Crippen molar-refractivity contribution < 1.29 is 28.2 Å². The van der Waals surface area contributed by atoms with Gasteiger partial charge in [-0.2, -0.15) is 0 Å². The lowest BCUT2D eigenvalue weighted by Gasteiger charge is -2.11. The highest BCUT2D eigenvalue weighted by molar-refractivity contribution is 7.21. The lowest BCUT2D eigenvalue weighted by Crippen LogP contribution is -2.23. The highest BCUT2D eigenvalue weighted by atomic mass is 32.1. The second-order valence-electron chi connectivity index (χ2n) is 9.10. The zero-order valence-corrected chi connectivity index (χ0v) is 23.4. The number of methoxy groups -OCH3 is 1. The Labute approximate surface area is 237 Å². The van der Waals surface area contributed by atoms with E-state index in [2.05, 4.69) is 25.3 Å². The first-order valence-electron chi connectivity index (χ1n) is 12.4. The number of fused-ring (bicyclic) bond motifs is 2. The van der Waals surface area contributed by atoms with Crippen molar-refractivity contribution in [2.75, 3.05) is 39.7 Å². The average Bonchev–Trinajstić information content (AvgIpc) is 3.36. The molecule has 0 atom stereocenters. The van der Waals surface area contributed by atoms with Crippen LogP contribution in [0.3, 0.4) is 0 Å². The topological polar surface area (TPSA) is 129 Å². The summed E-state index contributed by atoms with van der Waals surface area (Å²) in [6.07, 6.45) is 2.16. The van der Waals surface area contributed by atoms with Crippen molar-refractivity contribution in [3.8, 4) is 22.2 Å². The van der Waals surface area contributed by atoms with Gasteiger partial charge in [-0.1, -0.05) is 0 Å². The van der Waals surface area contributed by atoms with Crippen LogP contribution in [-0.2, 0) is 4.74 Å². The molecule has 0 saturated carbocycles. The van der Waals surface area contributed by atoms with Gasteiger partial charge in [-0.15, -0.1) is 11.3 Å². The zero-order valence-electron chi connectivity index (χ0n) is 22.6. The van der Waals surface area contributed by atoms with Gasteiger partial charge in [0.05, 0.1) is 46.4 Å². The summed E-state index contributed by atoms with van der Waals surface area (Å²) < 4.78 is 31.4. The molecule has 41 heavy (non-hydrogen) atoms. The number of nitrogens with zero attached hydrogens (tertiary/aromatic N) is 5. The Balaban J connectivity index is 1.22. The number of rotatable bonds is 8. The van der Waals surface area contributed by atoms with Crippen molar-refractivity contribution in [1.29, 1.82) is 0 Å². The molecule has 0 aliphatic carbocycles. The lowest BCUT2D eigenvalue weighted by molar-refractivity contribution is 0.0822. The van der Waals surface area contributed by atoms with Gasteiger partial charge in [0.25, 0.3) is 5.91 Å². The lowest BCUT2D eigenvalue weighted by atomic mass is 10.1. The average molecular weight is 577 g/mol. The van der Waals surface area contributed by atoms with E-state index >= 15 is 0 Å². The predicted molar refractivity (Wildman–Crippen MR) is 152 cm³/mol. The molecule has 13 heteroatoms. The highest BCUT2D eigenvalue weighted by Gasteiger charge is 2.16. The minimum atomic E-state index is -0.740. The second kappa shape index (κ2) is 11.7. The first kappa shape index (κ1) is 27.6. The quantitative estimate of drug-likeness (QED) is 0.251. The van der Waals surface area contributed by atoms with Crippen LogP contribution in [0.25, 0.3) is 31.8 Å². The van der Waals surface area contributed by atoms with Crippen molar-refractivity contribution >= 4 is 50.3 Å². The molecule has 2 amide bonds. The summed E-state index contributed by atoms with van der Waals surface area (Å²) in [4.78, 5) is 43.0. The van der Waals surface area contributed by atoms with Crippen LogP contribution in [0.4, 0.5) is 14.9 Å². The minimum Gasteiger partial charge on any atom is -0.487 e. The molecule has 0 radical (unpaired) electrons. The number of ether oxygens (including phenoxy) is 3. The van der Waals surface area contributed by atoms with Crippen molar-refractivity contribution in [2.45, 2.75) is 6.92 Å². The SMILES string of the molecule is COc1cnc2c(-c3nc4cc(F)c(OCCOC(=O)Nc5ccc(C(=O)N(C)C)nc5)cc4s3)cc(C)cc2n1. The van der Waals surface area contributed by atoms with Crippen molar-refractivity contribution in [2.24, 2.45) is 0 Å². The fraction of sp³-hybridized carbons (Fsp3) is 0.214. The molecule has 0 unspecified atom stereocenters. The normalized spacial score (nSPS) is 11.0. The molecule has 0 aliphatic rings. The van der Waals surface area contributed by atoms with E-state index < -0.39 is 11.9 Å². The van der Waals surface area contributed by atoms with Gasteiger partial charge in [0, 0.05) is 31.8 Å². The molecule has 3 heterocycles. The number of thiazole rings is 1. The first-order chi connectivity index (χ1) is 19.7. The Kier molecular flexibility index (Phi) is 7.88. The number of hydrogen-bond donors (Lipinski definition) is 1. The van der Waals surface area contributed by atoms with Gasteiger partial charge in [-0.25, -0.2) is 29.1 Å². The molecule has 1 N–H and O–H groups in total. The fourth-order valence-electron chi connectivity index (χ4n) is 3.93. The smallest absolute Gasteiger partial charge is 0.411 e. The van der Waals surface area contributed by atoms with Gasteiger partial charge in [0.1, 0.15) is 23.9 Å². The second-order valence-corrected chi connectivity index (χ2v) is 10.1. The number of benzene rings is 2. The molecule has 11 nitrogen and oxygen atoms in total. The largest absolute Gasteiger partial charge is 0.487 e. The van der Waals surface area contributed by atoms with Crippen molar-refractivity contribution in [3.05, 3.63) is 65.9 Å². The van der Waals surface area contributed by atoms with Crippen molar-refractivity contribution in [3.63, 3.8) is 0 Å². The van der Waals surface area contributed by atoms with Crippen LogP contribution in [0.2, 0.25) is 0 Å². The predicted octanol–water partition coefficient (Wildman–Crippen LogP) is 5.09. The maximum Gasteiger partial charge on any atom is 0.411 e. The first-order valence-corrected chi connectivity index (χ1v) is 13.2. The van der Waals surface area contributed by atoms with E-state index in [0.717, 1.165) is 15.8 Å². The van der Waals surface area contributed by atoms with Gasteiger partial charge < -0.3 is 19.1 Å². The Morgan fingerprint density at radius 3 is 2.59 bits per heavy atom. The number of anilines is 1. The van der Waals surface area contributed by atoms with Crippen LogP contribution in [0, 0.1) is 12.7 Å². The van der Waals surface area contributed by atoms with E-state index in [1.807, 2.05) is 19.1 Å². The van der Waals surface area contributed by atoms with E-state index in [4.69, 9.17) is 14.2 Å². The third kappa shape index (κ3) is 6.14. The number of aryl methyl sites for hydroxylation is 1. The molecule has 0 saturated heterocycles. The van der Waals surface area contributed by atoms with Crippen LogP contribution in [0.5, 0.6) is 11.6 Å². The number of pyridine rings is 1. The minimum absolute atomic E-state index is 0.0145.